The van der Waals surface area contributed by atoms with Crippen molar-refractivity contribution in [1.82, 2.24) is 5.32 Å². The molecular formula is C18H25NO4. The number of hydrogen-bond donors (Lipinski definition) is 1. The minimum Gasteiger partial charge on any atom is -0.496 e. The Hall–Kier alpha value is -1.91. The number of benzene rings is 1. The molecule has 1 amide bonds. The van der Waals surface area contributed by atoms with Crippen LogP contribution in [0.4, 0.5) is 0 Å². The second-order valence-corrected chi connectivity index (χ2v) is 6.52. The van der Waals surface area contributed by atoms with Crippen molar-refractivity contribution < 1.29 is 19.0 Å². The van der Waals surface area contributed by atoms with Crippen molar-refractivity contribution in [3.63, 3.8) is 0 Å². The lowest BCUT2D eigenvalue weighted by Crippen LogP contribution is -2.33. The molecule has 0 saturated heterocycles. The normalized spacial score (nSPS) is 25.3. The van der Waals surface area contributed by atoms with Crippen LogP contribution in [-0.2, 0) is 11.3 Å². The van der Waals surface area contributed by atoms with E-state index in [-0.39, 0.29) is 11.8 Å². The lowest BCUT2D eigenvalue weighted by atomic mass is 9.88. The standard InChI is InChI=1S/C18H25NO4/c1-21-15-9-17(23-3)16(22-2)8-13(15)10-19-18(20)14-7-11-4-5-12(14)6-11/h8-9,11-12,14H,4-7,10H2,1-3H3,(H,19,20). The van der Waals surface area contributed by atoms with E-state index in [0.29, 0.717) is 29.7 Å². The first-order valence-corrected chi connectivity index (χ1v) is 8.22. The average molecular weight is 319 g/mol. The third-order valence-corrected chi connectivity index (χ3v) is 5.31. The lowest BCUT2D eigenvalue weighted by molar-refractivity contribution is -0.126. The molecule has 2 aliphatic rings. The molecule has 2 saturated carbocycles. The molecule has 0 radical (unpaired) electrons. The van der Waals surface area contributed by atoms with Crippen molar-refractivity contribution in [1.29, 1.82) is 0 Å². The van der Waals surface area contributed by atoms with E-state index in [4.69, 9.17) is 14.2 Å². The molecule has 0 aromatic heterocycles. The molecule has 5 nitrogen and oxygen atoms in total. The summed E-state index contributed by atoms with van der Waals surface area (Å²) in [7, 11) is 4.80. The Morgan fingerprint density at radius 3 is 2.30 bits per heavy atom. The van der Waals surface area contributed by atoms with Crippen LogP contribution in [0.5, 0.6) is 17.2 Å². The third-order valence-electron chi connectivity index (χ3n) is 5.31. The second-order valence-electron chi connectivity index (χ2n) is 6.52. The van der Waals surface area contributed by atoms with Crippen molar-refractivity contribution in [2.24, 2.45) is 17.8 Å². The van der Waals surface area contributed by atoms with Gasteiger partial charge >= 0.3 is 0 Å². The van der Waals surface area contributed by atoms with Gasteiger partial charge in [-0.15, -0.1) is 0 Å². The number of hydrogen-bond acceptors (Lipinski definition) is 4. The molecule has 2 bridgehead atoms. The molecule has 3 atom stereocenters. The molecule has 5 heteroatoms. The van der Waals surface area contributed by atoms with E-state index in [1.165, 1.54) is 19.3 Å². The number of amides is 1. The number of rotatable bonds is 6. The summed E-state index contributed by atoms with van der Waals surface area (Å²) in [6, 6.07) is 3.65. The molecule has 126 valence electrons. The quantitative estimate of drug-likeness (QED) is 0.876. The first-order valence-electron chi connectivity index (χ1n) is 8.22. The van der Waals surface area contributed by atoms with Crippen molar-refractivity contribution in [3.8, 4) is 17.2 Å². The highest BCUT2D eigenvalue weighted by atomic mass is 16.5. The van der Waals surface area contributed by atoms with Crippen LogP contribution in [0.3, 0.4) is 0 Å². The summed E-state index contributed by atoms with van der Waals surface area (Å²) in [6.07, 6.45) is 4.80. The first kappa shape index (κ1) is 16.0. The minimum absolute atomic E-state index is 0.175. The molecule has 0 aliphatic heterocycles. The van der Waals surface area contributed by atoms with Crippen molar-refractivity contribution >= 4 is 5.91 Å². The summed E-state index contributed by atoms with van der Waals surface area (Å²) < 4.78 is 16.0. The SMILES string of the molecule is COc1cc(OC)c(OC)cc1CNC(=O)C1CC2CCC1C2. The maximum atomic E-state index is 12.5. The van der Waals surface area contributed by atoms with E-state index in [1.807, 2.05) is 6.07 Å². The first-order chi connectivity index (χ1) is 11.2. The predicted octanol–water partition coefficient (Wildman–Crippen LogP) is 2.76. The number of nitrogens with one attached hydrogen (secondary N) is 1. The van der Waals surface area contributed by atoms with E-state index in [0.717, 1.165) is 17.9 Å². The van der Waals surface area contributed by atoms with E-state index in [9.17, 15) is 4.79 Å². The zero-order chi connectivity index (χ0) is 16.4. The monoisotopic (exact) mass is 319 g/mol. The Morgan fingerprint density at radius 2 is 1.74 bits per heavy atom. The van der Waals surface area contributed by atoms with Gasteiger partial charge in [0.05, 0.1) is 21.3 Å². The fourth-order valence-corrected chi connectivity index (χ4v) is 4.11. The summed E-state index contributed by atoms with van der Waals surface area (Å²) in [6.45, 7) is 0.441. The Bertz CT molecular complexity index is 587. The molecule has 1 N–H and O–H groups in total. The molecule has 3 rings (SSSR count). The average Bonchev–Trinajstić information content (AvgIpc) is 3.22. The molecule has 2 fully saturated rings. The fraction of sp³-hybridized carbons (Fsp3) is 0.611. The molecule has 3 unspecified atom stereocenters. The molecule has 1 aromatic carbocycles. The van der Waals surface area contributed by atoms with Gasteiger partial charge < -0.3 is 19.5 Å². The molecule has 23 heavy (non-hydrogen) atoms. The molecular weight excluding hydrogens is 294 g/mol. The van der Waals surface area contributed by atoms with Crippen LogP contribution in [0.25, 0.3) is 0 Å². The number of carbonyl (C=O) groups excluding carboxylic acids is 1. The molecule has 1 aromatic rings. The van der Waals surface area contributed by atoms with Crippen molar-refractivity contribution in [2.75, 3.05) is 21.3 Å². The Labute approximate surface area is 137 Å². The summed E-state index contributed by atoms with van der Waals surface area (Å²) >= 11 is 0. The van der Waals surface area contributed by atoms with Gasteiger partial charge in [0.1, 0.15) is 5.75 Å². The van der Waals surface area contributed by atoms with Gasteiger partial charge in [0.2, 0.25) is 5.91 Å². The maximum absolute atomic E-state index is 12.5. The Kier molecular flexibility index (Phi) is 4.64. The summed E-state index contributed by atoms with van der Waals surface area (Å²) in [5.74, 6) is 3.67. The zero-order valence-electron chi connectivity index (χ0n) is 14.1. The van der Waals surface area contributed by atoms with Crippen LogP contribution < -0.4 is 19.5 Å². The number of methoxy groups -OCH3 is 3. The molecule has 0 spiro atoms. The van der Waals surface area contributed by atoms with E-state index < -0.39 is 0 Å². The van der Waals surface area contributed by atoms with Crippen molar-refractivity contribution in [3.05, 3.63) is 17.7 Å². The van der Waals surface area contributed by atoms with Gasteiger partial charge in [-0.1, -0.05) is 6.42 Å². The number of ether oxygens (including phenoxy) is 3. The molecule has 2 aliphatic carbocycles. The maximum Gasteiger partial charge on any atom is 0.223 e. The van der Waals surface area contributed by atoms with Gasteiger partial charge in [0.25, 0.3) is 0 Å². The highest BCUT2D eigenvalue weighted by Crippen LogP contribution is 2.48. The van der Waals surface area contributed by atoms with Crippen LogP contribution in [0.15, 0.2) is 12.1 Å². The van der Waals surface area contributed by atoms with Gasteiger partial charge in [-0.3, -0.25) is 4.79 Å². The summed E-state index contributed by atoms with van der Waals surface area (Å²) in [5.41, 5.74) is 0.890. The largest absolute Gasteiger partial charge is 0.496 e. The van der Waals surface area contributed by atoms with E-state index in [2.05, 4.69) is 5.32 Å². The van der Waals surface area contributed by atoms with Gasteiger partial charge in [-0.25, -0.2) is 0 Å². The molecule has 0 heterocycles. The van der Waals surface area contributed by atoms with Crippen LogP contribution in [0, 0.1) is 17.8 Å². The van der Waals surface area contributed by atoms with Crippen LogP contribution in [0.1, 0.15) is 31.2 Å². The number of carbonyl (C=O) groups is 1. The van der Waals surface area contributed by atoms with Crippen molar-refractivity contribution in [2.45, 2.75) is 32.2 Å². The zero-order valence-corrected chi connectivity index (χ0v) is 14.1. The minimum atomic E-state index is 0.175. The lowest BCUT2D eigenvalue weighted by Gasteiger charge is -2.21. The smallest absolute Gasteiger partial charge is 0.223 e. The third kappa shape index (κ3) is 3.09. The number of fused-ring (bicyclic) bond motifs is 2. The van der Waals surface area contributed by atoms with Crippen LogP contribution in [0.2, 0.25) is 0 Å². The van der Waals surface area contributed by atoms with Gasteiger partial charge in [-0.05, 0) is 37.2 Å². The predicted molar refractivity (Wildman–Crippen MR) is 86.9 cm³/mol. The fourth-order valence-electron chi connectivity index (χ4n) is 4.11. The van der Waals surface area contributed by atoms with Gasteiger partial charge in [-0.2, -0.15) is 0 Å². The highest BCUT2D eigenvalue weighted by Gasteiger charge is 2.42. The topological polar surface area (TPSA) is 56.8 Å². The van der Waals surface area contributed by atoms with Gasteiger partial charge in [0.15, 0.2) is 11.5 Å². The summed E-state index contributed by atoms with van der Waals surface area (Å²) in [5, 5.41) is 3.07. The van der Waals surface area contributed by atoms with E-state index >= 15 is 0 Å². The van der Waals surface area contributed by atoms with Gasteiger partial charge in [0, 0.05) is 24.1 Å². The second kappa shape index (κ2) is 6.69. The highest BCUT2D eigenvalue weighted by molar-refractivity contribution is 5.79. The van der Waals surface area contributed by atoms with Crippen LogP contribution >= 0.6 is 0 Å². The van der Waals surface area contributed by atoms with Crippen LogP contribution in [-0.4, -0.2) is 27.2 Å². The Morgan fingerprint density at radius 1 is 1.04 bits per heavy atom. The van der Waals surface area contributed by atoms with E-state index in [1.54, 1.807) is 27.4 Å². The Balaban J connectivity index is 1.68. The summed E-state index contributed by atoms with van der Waals surface area (Å²) in [4.78, 5) is 12.5.